The molecule has 0 aliphatic heterocycles. The molecule has 4 fully saturated rings. The summed E-state index contributed by atoms with van der Waals surface area (Å²) in [6.45, 7) is 4.50. The molecule has 8 atom stereocenters. The summed E-state index contributed by atoms with van der Waals surface area (Å²) in [6, 6.07) is 0. The molecule has 4 aliphatic carbocycles. The molecule has 0 radical (unpaired) electrons. The highest BCUT2D eigenvalue weighted by Crippen LogP contribution is 2.64. The Morgan fingerprint density at radius 2 is 1.75 bits per heavy atom. The van der Waals surface area contributed by atoms with Gasteiger partial charge < -0.3 is 9.90 Å². The van der Waals surface area contributed by atoms with Crippen LogP contribution in [0.15, 0.2) is 0 Å². The van der Waals surface area contributed by atoms with Gasteiger partial charge in [-0.3, -0.25) is 0 Å². The average molecular weight is 330 g/mol. The molecule has 0 bridgehead atoms. The van der Waals surface area contributed by atoms with Crippen LogP contribution >= 0.6 is 0 Å². The number of hydrogen-bond donors (Lipinski definition) is 1. The topological polar surface area (TPSA) is 37.3 Å². The Hall–Kier alpha value is -0.305. The summed E-state index contributed by atoms with van der Waals surface area (Å²) in [5, 5.41) is 10.5. The lowest BCUT2D eigenvalue weighted by atomic mass is 9.49. The second-order valence-electron chi connectivity index (χ2n) is 10.2. The Morgan fingerprint density at radius 3 is 2.50 bits per heavy atom. The lowest BCUT2D eigenvalue weighted by Gasteiger charge is -2.56. The molecule has 0 saturated heterocycles. The van der Waals surface area contributed by atoms with Crippen LogP contribution in [0.4, 0.5) is 0 Å². The predicted octanol–water partition coefficient (Wildman–Crippen LogP) is 3.63. The maximum atomic E-state index is 12.5. The zero-order chi connectivity index (χ0) is 17.1. The van der Waals surface area contributed by atoms with E-state index >= 15 is 0 Å². The van der Waals surface area contributed by atoms with Crippen molar-refractivity contribution in [2.45, 2.75) is 83.6 Å². The first-order chi connectivity index (χ1) is 11.4. The molecule has 24 heavy (non-hydrogen) atoms. The van der Waals surface area contributed by atoms with Gasteiger partial charge in [0, 0.05) is 5.92 Å². The summed E-state index contributed by atoms with van der Waals surface area (Å²) in [5.41, 5.74) is -0.121. The van der Waals surface area contributed by atoms with Crippen LogP contribution in [0.25, 0.3) is 0 Å². The molecule has 0 aromatic heterocycles. The third-order valence-corrected chi connectivity index (χ3v) is 8.97. The summed E-state index contributed by atoms with van der Waals surface area (Å²) in [7, 11) is 2.05. The molecule has 0 spiro atoms. The highest BCUT2D eigenvalue weighted by molar-refractivity contribution is 6.20. The molecule has 0 heterocycles. The van der Waals surface area contributed by atoms with Crippen LogP contribution in [0, 0.1) is 40.9 Å². The van der Waals surface area contributed by atoms with Gasteiger partial charge in [0.1, 0.15) is 13.6 Å². The molecular weight excluding hydrogens is 295 g/mol. The van der Waals surface area contributed by atoms with Crippen LogP contribution in [-0.2, 0) is 4.79 Å². The molecule has 134 valence electrons. The molecule has 4 saturated carbocycles. The van der Waals surface area contributed by atoms with E-state index in [4.69, 9.17) is 0 Å². The predicted molar refractivity (Wildman–Crippen MR) is 99.6 cm³/mol. The molecule has 3 heteroatoms. The minimum Gasteiger partial charge on any atom is -0.390 e. The molecule has 1 N–H and O–H groups in total. The first kappa shape index (κ1) is 17.1. The van der Waals surface area contributed by atoms with Crippen molar-refractivity contribution in [3.63, 3.8) is 0 Å². The van der Waals surface area contributed by atoms with Crippen molar-refractivity contribution in [1.29, 1.82) is 0 Å². The maximum Gasteiger partial charge on any atom is 0.128 e. The zero-order valence-electron chi connectivity index (χ0n) is 15.9. The van der Waals surface area contributed by atoms with Crippen LogP contribution in [0.1, 0.15) is 71.6 Å². The zero-order valence-corrected chi connectivity index (χ0v) is 15.9. The minimum atomic E-state index is -0.414. The number of ketones is 1. The molecule has 4 aliphatic rings. The molecule has 0 aromatic carbocycles. The highest BCUT2D eigenvalue weighted by Gasteiger charge is 2.58. The van der Waals surface area contributed by atoms with Crippen molar-refractivity contribution in [3.8, 4) is 0 Å². The smallest absolute Gasteiger partial charge is 0.128 e. The van der Waals surface area contributed by atoms with Crippen LogP contribution < -0.4 is 0 Å². The van der Waals surface area contributed by atoms with Gasteiger partial charge in [-0.1, -0.05) is 6.92 Å². The van der Waals surface area contributed by atoms with Gasteiger partial charge in [0.2, 0.25) is 0 Å². The third-order valence-electron chi connectivity index (χ3n) is 8.97. The van der Waals surface area contributed by atoms with Crippen LogP contribution in [0.2, 0.25) is 6.32 Å². The van der Waals surface area contributed by atoms with E-state index in [0.29, 0.717) is 17.1 Å². The first-order valence-electron chi connectivity index (χ1n) is 10.6. The highest BCUT2D eigenvalue weighted by atomic mass is 16.3. The van der Waals surface area contributed by atoms with Crippen molar-refractivity contribution >= 4 is 13.6 Å². The largest absolute Gasteiger partial charge is 0.390 e. The summed E-state index contributed by atoms with van der Waals surface area (Å²) < 4.78 is 0. The average Bonchev–Trinajstić information content (AvgIpc) is 2.90. The standard InChI is InChI=1S/C21H35BO2/c1-20(24)9-7-14-13(11-20)3-4-16-15(14)8-10-21(2)17(16)5-6-18(21)19(23)12-22/h13-18,24H,3-12,22H2,1-2H3/t13-,14+,15-,16-,17+,18-,20-,21+/m1/s1. The maximum absolute atomic E-state index is 12.5. The van der Waals surface area contributed by atoms with E-state index in [1.807, 2.05) is 14.8 Å². The van der Waals surface area contributed by atoms with Gasteiger partial charge in [-0.05, 0) is 106 Å². The number of carbonyl (C=O) groups excluding carboxylic acids is 1. The van der Waals surface area contributed by atoms with Crippen LogP contribution in [0.3, 0.4) is 0 Å². The fourth-order valence-electron chi connectivity index (χ4n) is 7.86. The molecule has 0 unspecified atom stereocenters. The summed E-state index contributed by atoms with van der Waals surface area (Å²) in [5.74, 6) is 5.03. The van der Waals surface area contributed by atoms with Crippen molar-refractivity contribution in [1.82, 2.24) is 0 Å². The Morgan fingerprint density at radius 1 is 1.00 bits per heavy atom. The van der Waals surface area contributed by atoms with Gasteiger partial charge in [0.05, 0.1) is 5.60 Å². The van der Waals surface area contributed by atoms with Gasteiger partial charge in [-0.15, -0.1) is 0 Å². The van der Waals surface area contributed by atoms with E-state index in [1.165, 1.54) is 38.5 Å². The quantitative estimate of drug-likeness (QED) is 0.785. The SMILES string of the molecule is BCC(=O)[C@H]1CC[C@H]2[C@@H]3CC[C@@H]4C[C@](C)(O)CC[C@@H]4[C@H]3CC[C@]12C. The van der Waals surface area contributed by atoms with E-state index < -0.39 is 5.60 Å². The van der Waals surface area contributed by atoms with Gasteiger partial charge in [0.25, 0.3) is 0 Å². The number of hydrogen-bond acceptors (Lipinski definition) is 2. The molecular formula is C21H35BO2. The Labute approximate surface area is 148 Å². The number of aliphatic hydroxyl groups is 1. The van der Waals surface area contributed by atoms with Crippen molar-refractivity contribution in [3.05, 3.63) is 0 Å². The summed E-state index contributed by atoms with van der Waals surface area (Å²) in [4.78, 5) is 12.5. The van der Waals surface area contributed by atoms with Gasteiger partial charge in [-0.2, -0.15) is 0 Å². The van der Waals surface area contributed by atoms with E-state index in [2.05, 4.69) is 6.92 Å². The third kappa shape index (κ3) is 2.52. The van der Waals surface area contributed by atoms with E-state index in [0.717, 1.165) is 55.2 Å². The van der Waals surface area contributed by atoms with Crippen molar-refractivity contribution in [2.75, 3.05) is 0 Å². The second-order valence-corrected chi connectivity index (χ2v) is 10.2. The van der Waals surface area contributed by atoms with E-state index in [-0.39, 0.29) is 0 Å². The van der Waals surface area contributed by atoms with Gasteiger partial charge >= 0.3 is 0 Å². The van der Waals surface area contributed by atoms with Crippen molar-refractivity contribution in [2.24, 2.45) is 40.9 Å². The molecule has 4 rings (SSSR count). The fourth-order valence-corrected chi connectivity index (χ4v) is 7.86. The summed E-state index contributed by atoms with van der Waals surface area (Å²) >= 11 is 0. The van der Waals surface area contributed by atoms with Crippen molar-refractivity contribution < 1.29 is 9.90 Å². The van der Waals surface area contributed by atoms with Gasteiger partial charge in [-0.25, -0.2) is 0 Å². The lowest BCUT2D eigenvalue weighted by molar-refractivity contribution is -0.130. The lowest BCUT2D eigenvalue weighted by Crippen LogP contribution is -2.51. The molecule has 0 aromatic rings. The number of Topliss-reactive ketones (excluding diaryl/α,β-unsaturated/α-hetero) is 1. The minimum absolute atomic E-state index is 0.293. The van der Waals surface area contributed by atoms with Gasteiger partial charge in [0.15, 0.2) is 0 Å². The van der Waals surface area contributed by atoms with E-state index in [1.54, 1.807) is 0 Å². The molecule has 2 nitrogen and oxygen atoms in total. The number of carbonyl (C=O) groups is 1. The van der Waals surface area contributed by atoms with E-state index in [9.17, 15) is 9.90 Å². The monoisotopic (exact) mass is 330 g/mol. The van der Waals surface area contributed by atoms with Crippen LogP contribution in [0.5, 0.6) is 0 Å². The summed E-state index contributed by atoms with van der Waals surface area (Å²) in [6.07, 6.45) is 11.7. The Balaban J connectivity index is 1.54. The Bertz CT molecular complexity index is 516. The second kappa shape index (κ2) is 5.86. The number of fused-ring (bicyclic) bond motifs is 5. The Kier molecular flexibility index (Phi) is 4.18. The normalized spacial score (nSPS) is 53.8. The first-order valence-corrected chi connectivity index (χ1v) is 10.6. The fraction of sp³-hybridized carbons (Fsp3) is 0.952. The number of rotatable bonds is 2. The molecule has 0 amide bonds. The van der Waals surface area contributed by atoms with Crippen LogP contribution in [-0.4, -0.2) is 24.3 Å².